The van der Waals surface area contributed by atoms with Crippen LogP contribution in [0.25, 0.3) is 22.2 Å². The van der Waals surface area contributed by atoms with E-state index < -0.39 is 0 Å². The molecule has 0 unspecified atom stereocenters. The summed E-state index contributed by atoms with van der Waals surface area (Å²) >= 11 is 1.40. The standard InChI is InChI=1S/C22H21N5OS/c1-3-27-20(17-11-13-23-14-12-17)25-26-22(27)29-15(2)21(28)24-19-10-6-8-16-7-4-5-9-18(16)19/h4-15H,3H2,1-2H3,(H,24,28)/t15-/m0/s1. The normalized spacial score (nSPS) is 12.1. The molecule has 0 aliphatic rings. The molecule has 0 aliphatic carbocycles. The maximum absolute atomic E-state index is 12.8. The number of amides is 1. The van der Waals surface area contributed by atoms with Crippen LogP contribution in [0.1, 0.15) is 13.8 Å². The molecule has 4 rings (SSSR count). The van der Waals surface area contributed by atoms with Gasteiger partial charge in [-0.15, -0.1) is 10.2 Å². The van der Waals surface area contributed by atoms with Crippen LogP contribution in [0.3, 0.4) is 0 Å². The number of carbonyl (C=O) groups excluding carboxylic acids is 1. The van der Waals surface area contributed by atoms with E-state index in [1.165, 1.54) is 11.8 Å². The summed E-state index contributed by atoms with van der Waals surface area (Å²) in [5, 5.41) is 14.2. The summed E-state index contributed by atoms with van der Waals surface area (Å²) in [6, 6.07) is 17.7. The number of hydrogen-bond acceptors (Lipinski definition) is 5. The number of nitrogens with zero attached hydrogens (tertiary/aromatic N) is 4. The van der Waals surface area contributed by atoms with Gasteiger partial charge in [-0.2, -0.15) is 0 Å². The summed E-state index contributed by atoms with van der Waals surface area (Å²) in [6.45, 7) is 4.63. The molecule has 0 saturated carbocycles. The minimum absolute atomic E-state index is 0.0672. The number of carbonyl (C=O) groups is 1. The van der Waals surface area contributed by atoms with Crippen LogP contribution in [-0.2, 0) is 11.3 Å². The molecule has 146 valence electrons. The number of aromatic nitrogens is 4. The minimum atomic E-state index is -0.325. The van der Waals surface area contributed by atoms with E-state index in [0.717, 1.165) is 33.0 Å². The van der Waals surface area contributed by atoms with Crippen LogP contribution in [0.2, 0.25) is 0 Å². The first-order valence-electron chi connectivity index (χ1n) is 9.46. The van der Waals surface area contributed by atoms with Gasteiger partial charge in [-0.1, -0.05) is 48.2 Å². The van der Waals surface area contributed by atoms with Crippen molar-refractivity contribution in [3.05, 3.63) is 67.0 Å². The highest BCUT2D eigenvalue weighted by Crippen LogP contribution is 2.28. The first-order chi connectivity index (χ1) is 14.2. The van der Waals surface area contributed by atoms with Crippen molar-refractivity contribution in [2.24, 2.45) is 0 Å². The highest BCUT2D eigenvalue weighted by molar-refractivity contribution is 8.00. The Hall–Kier alpha value is -3.19. The van der Waals surface area contributed by atoms with E-state index >= 15 is 0 Å². The lowest BCUT2D eigenvalue weighted by Gasteiger charge is -2.14. The van der Waals surface area contributed by atoms with Gasteiger partial charge >= 0.3 is 0 Å². The number of anilines is 1. The van der Waals surface area contributed by atoms with E-state index in [1.54, 1.807) is 12.4 Å². The first kappa shape index (κ1) is 19.1. The molecule has 1 amide bonds. The Morgan fingerprint density at radius 2 is 1.83 bits per heavy atom. The van der Waals surface area contributed by atoms with Crippen LogP contribution in [0.15, 0.2) is 72.1 Å². The third kappa shape index (κ3) is 4.00. The van der Waals surface area contributed by atoms with Crippen molar-refractivity contribution in [3.8, 4) is 11.4 Å². The molecule has 1 N–H and O–H groups in total. The van der Waals surface area contributed by atoms with Gasteiger partial charge in [0.05, 0.1) is 5.25 Å². The van der Waals surface area contributed by atoms with Crippen molar-refractivity contribution in [1.82, 2.24) is 19.7 Å². The maximum atomic E-state index is 12.8. The number of benzene rings is 2. The Morgan fingerprint density at radius 3 is 2.62 bits per heavy atom. The second kappa shape index (κ2) is 8.45. The van der Waals surface area contributed by atoms with Gasteiger partial charge in [0.1, 0.15) is 0 Å². The van der Waals surface area contributed by atoms with E-state index in [2.05, 4.69) is 20.5 Å². The molecule has 7 heteroatoms. The smallest absolute Gasteiger partial charge is 0.237 e. The Morgan fingerprint density at radius 1 is 1.07 bits per heavy atom. The molecule has 1 atom stereocenters. The van der Waals surface area contributed by atoms with Crippen molar-refractivity contribution < 1.29 is 4.79 Å². The highest BCUT2D eigenvalue weighted by atomic mass is 32.2. The molecule has 4 aromatic rings. The highest BCUT2D eigenvalue weighted by Gasteiger charge is 2.20. The van der Waals surface area contributed by atoms with Crippen LogP contribution in [0, 0.1) is 0 Å². The summed E-state index contributed by atoms with van der Waals surface area (Å²) < 4.78 is 2.02. The zero-order chi connectivity index (χ0) is 20.2. The molecule has 0 bridgehead atoms. The lowest BCUT2D eigenvalue weighted by Crippen LogP contribution is -2.23. The fourth-order valence-electron chi connectivity index (χ4n) is 3.16. The van der Waals surface area contributed by atoms with Gasteiger partial charge in [0.2, 0.25) is 5.91 Å². The quantitative estimate of drug-likeness (QED) is 0.475. The second-order valence-electron chi connectivity index (χ2n) is 6.56. The number of nitrogens with one attached hydrogen (secondary N) is 1. The third-order valence-corrected chi connectivity index (χ3v) is 5.75. The Bertz CT molecular complexity index is 1140. The van der Waals surface area contributed by atoms with Gasteiger partial charge in [0.25, 0.3) is 0 Å². The van der Waals surface area contributed by atoms with Crippen molar-refractivity contribution in [2.45, 2.75) is 30.8 Å². The van der Waals surface area contributed by atoms with Crippen LogP contribution in [0.5, 0.6) is 0 Å². The van der Waals surface area contributed by atoms with E-state index in [-0.39, 0.29) is 11.2 Å². The van der Waals surface area contributed by atoms with Crippen molar-refractivity contribution in [2.75, 3.05) is 5.32 Å². The summed E-state index contributed by atoms with van der Waals surface area (Å²) in [5.74, 6) is 0.710. The van der Waals surface area contributed by atoms with Crippen LogP contribution in [0.4, 0.5) is 5.69 Å². The van der Waals surface area contributed by atoms with Crippen LogP contribution >= 0.6 is 11.8 Å². The zero-order valence-electron chi connectivity index (χ0n) is 16.2. The largest absolute Gasteiger partial charge is 0.325 e. The Labute approximate surface area is 173 Å². The molecule has 0 aliphatic heterocycles. The van der Waals surface area contributed by atoms with Crippen molar-refractivity contribution in [3.63, 3.8) is 0 Å². The van der Waals surface area contributed by atoms with Gasteiger partial charge in [-0.25, -0.2) is 0 Å². The number of rotatable bonds is 6. The molecule has 29 heavy (non-hydrogen) atoms. The molecular formula is C22H21N5OS. The van der Waals surface area contributed by atoms with Gasteiger partial charge in [-0.3, -0.25) is 9.78 Å². The minimum Gasteiger partial charge on any atom is -0.325 e. The predicted molar refractivity (Wildman–Crippen MR) is 117 cm³/mol. The van der Waals surface area contributed by atoms with Crippen LogP contribution in [-0.4, -0.2) is 30.9 Å². The summed E-state index contributed by atoms with van der Waals surface area (Å²) in [4.78, 5) is 16.9. The molecule has 2 aromatic heterocycles. The summed E-state index contributed by atoms with van der Waals surface area (Å²) in [6.07, 6.45) is 3.47. The molecular weight excluding hydrogens is 382 g/mol. The Balaban J connectivity index is 1.53. The summed E-state index contributed by atoms with van der Waals surface area (Å²) in [7, 11) is 0. The van der Waals surface area contributed by atoms with Crippen molar-refractivity contribution in [1.29, 1.82) is 0 Å². The average molecular weight is 404 g/mol. The van der Waals surface area contributed by atoms with Crippen molar-refractivity contribution >= 4 is 34.1 Å². The molecule has 2 aromatic carbocycles. The molecule has 6 nitrogen and oxygen atoms in total. The Kier molecular flexibility index (Phi) is 5.57. The predicted octanol–water partition coefficient (Wildman–Crippen LogP) is 4.63. The number of fused-ring (bicyclic) bond motifs is 1. The lowest BCUT2D eigenvalue weighted by atomic mass is 10.1. The topological polar surface area (TPSA) is 72.7 Å². The van der Waals surface area contributed by atoms with Gasteiger partial charge in [0.15, 0.2) is 11.0 Å². The van der Waals surface area contributed by atoms with E-state index in [9.17, 15) is 4.79 Å². The van der Waals surface area contributed by atoms with E-state index in [0.29, 0.717) is 6.54 Å². The molecule has 0 radical (unpaired) electrons. The molecule has 0 saturated heterocycles. The molecule has 0 fully saturated rings. The first-order valence-corrected chi connectivity index (χ1v) is 10.3. The number of pyridine rings is 1. The number of thioether (sulfide) groups is 1. The SMILES string of the molecule is CCn1c(S[C@@H](C)C(=O)Nc2cccc3ccccc23)nnc1-c1ccncc1. The monoisotopic (exact) mass is 403 g/mol. The second-order valence-corrected chi connectivity index (χ2v) is 7.87. The van der Waals surface area contributed by atoms with Gasteiger partial charge in [-0.05, 0) is 37.4 Å². The van der Waals surface area contributed by atoms with Gasteiger partial charge in [0, 0.05) is 35.6 Å². The summed E-state index contributed by atoms with van der Waals surface area (Å²) in [5.41, 5.74) is 1.77. The third-order valence-electron chi connectivity index (χ3n) is 4.67. The number of hydrogen-bond donors (Lipinski definition) is 1. The molecule has 2 heterocycles. The van der Waals surface area contributed by atoms with Gasteiger partial charge < -0.3 is 9.88 Å². The van der Waals surface area contributed by atoms with E-state index in [4.69, 9.17) is 0 Å². The van der Waals surface area contributed by atoms with Crippen LogP contribution < -0.4 is 5.32 Å². The molecule has 0 spiro atoms. The average Bonchev–Trinajstić information content (AvgIpc) is 3.17. The fraction of sp³-hybridized carbons (Fsp3) is 0.182. The lowest BCUT2D eigenvalue weighted by molar-refractivity contribution is -0.115. The zero-order valence-corrected chi connectivity index (χ0v) is 17.1. The maximum Gasteiger partial charge on any atom is 0.237 e. The van der Waals surface area contributed by atoms with E-state index in [1.807, 2.05) is 73.0 Å². The fourth-order valence-corrected chi connectivity index (χ4v) is 4.07.